The molecule has 1 aromatic carbocycles. The van der Waals surface area contributed by atoms with E-state index < -0.39 is 0 Å². The molecule has 0 amide bonds. The van der Waals surface area contributed by atoms with Crippen LogP contribution in [0.25, 0.3) is 11.0 Å². The molecule has 1 aliphatic carbocycles. The third-order valence-electron chi connectivity index (χ3n) is 3.92. The Morgan fingerprint density at radius 3 is 2.83 bits per heavy atom. The summed E-state index contributed by atoms with van der Waals surface area (Å²) in [7, 11) is 0. The first-order valence-electron chi connectivity index (χ1n) is 6.55. The van der Waals surface area contributed by atoms with Gasteiger partial charge in [-0.05, 0) is 31.2 Å². The molecule has 1 heterocycles. The highest BCUT2D eigenvalue weighted by Crippen LogP contribution is 2.40. The first-order chi connectivity index (χ1) is 8.81. The van der Waals surface area contributed by atoms with Gasteiger partial charge in [0, 0.05) is 11.3 Å². The molecule has 96 valence electrons. The number of hydrogen-bond acceptors (Lipinski definition) is 3. The van der Waals surface area contributed by atoms with Gasteiger partial charge in [-0.25, -0.2) is 4.98 Å². The molecule has 0 unspecified atom stereocenters. The fourth-order valence-corrected chi connectivity index (χ4v) is 3.67. The summed E-state index contributed by atoms with van der Waals surface area (Å²) in [6.45, 7) is 1.01. The van der Waals surface area contributed by atoms with Gasteiger partial charge in [-0.3, -0.25) is 0 Å². The minimum atomic E-state index is 0.416. The van der Waals surface area contributed by atoms with Gasteiger partial charge in [0.1, 0.15) is 0 Å². The molecule has 0 radical (unpaired) electrons. The second-order valence-electron chi connectivity index (χ2n) is 5.05. The number of nitrogens with one attached hydrogen (secondary N) is 2. The zero-order valence-electron chi connectivity index (χ0n) is 10.7. The molecule has 0 bridgehead atoms. The molecular formula is C14H19N3S. The highest BCUT2D eigenvalue weighted by molar-refractivity contribution is 8.00. The lowest BCUT2D eigenvalue weighted by molar-refractivity contribution is 0.638. The fraction of sp³-hybridized carbons (Fsp3) is 0.500. The number of H-pyrrole nitrogens is 1. The quantitative estimate of drug-likeness (QED) is 0.882. The van der Waals surface area contributed by atoms with Crippen molar-refractivity contribution in [1.82, 2.24) is 9.97 Å². The number of imidazole rings is 1. The number of hydrogen-bond donors (Lipinski definition) is 2. The number of fused-ring (bicyclic) bond motifs is 1. The van der Waals surface area contributed by atoms with Gasteiger partial charge in [-0.1, -0.05) is 25.0 Å². The van der Waals surface area contributed by atoms with Crippen molar-refractivity contribution in [2.24, 2.45) is 0 Å². The highest BCUT2D eigenvalue weighted by atomic mass is 32.2. The average molecular weight is 261 g/mol. The van der Waals surface area contributed by atoms with Crippen LogP contribution in [-0.4, -0.2) is 27.5 Å². The van der Waals surface area contributed by atoms with Crippen LogP contribution in [0.5, 0.6) is 0 Å². The van der Waals surface area contributed by atoms with Gasteiger partial charge in [0.15, 0.2) is 0 Å². The standard InChI is InChI=1S/C14H19N3S/c1-18-14(8-4-5-9-14)10-15-13-16-11-6-2-3-7-12(11)17-13/h2-3,6-7H,4-5,8-10H2,1H3,(H2,15,16,17). The minimum Gasteiger partial charge on any atom is -0.354 e. The van der Waals surface area contributed by atoms with E-state index in [1.807, 2.05) is 30.0 Å². The second kappa shape index (κ2) is 4.84. The van der Waals surface area contributed by atoms with Crippen molar-refractivity contribution in [3.8, 4) is 0 Å². The van der Waals surface area contributed by atoms with Crippen LogP contribution in [-0.2, 0) is 0 Å². The number of aromatic amines is 1. The summed E-state index contributed by atoms with van der Waals surface area (Å²) in [6, 6.07) is 8.16. The topological polar surface area (TPSA) is 40.7 Å². The van der Waals surface area contributed by atoms with E-state index >= 15 is 0 Å². The lowest BCUT2D eigenvalue weighted by Crippen LogP contribution is -2.30. The highest BCUT2D eigenvalue weighted by Gasteiger charge is 2.32. The predicted octanol–water partition coefficient (Wildman–Crippen LogP) is 3.65. The zero-order valence-corrected chi connectivity index (χ0v) is 11.5. The molecule has 3 rings (SSSR count). The molecule has 0 saturated heterocycles. The number of nitrogens with zero attached hydrogens (tertiary/aromatic N) is 1. The number of thioether (sulfide) groups is 1. The van der Waals surface area contributed by atoms with Gasteiger partial charge in [-0.2, -0.15) is 11.8 Å². The Hall–Kier alpha value is -1.16. The molecule has 1 saturated carbocycles. The molecule has 1 aromatic heterocycles. The molecule has 0 aliphatic heterocycles. The van der Waals surface area contributed by atoms with Gasteiger partial charge in [0.25, 0.3) is 0 Å². The maximum atomic E-state index is 4.56. The van der Waals surface area contributed by atoms with Gasteiger partial charge >= 0.3 is 0 Å². The lowest BCUT2D eigenvalue weighted by Gasteiger charge is -2.26. The SMILES string of the molecule is CSC1(CNc2nc3ccccc3[nH]2)CCCC1. The number of rotatable bonds is 4. The number of aromatic nitrogens is 2. The van der Waals surface area contributed by atoms with Crippen LogP contribution in [0, 0.1) is 0 Å². The average Bonchev–Trinajstić information content (AvgIpc) is 3.03. The van der Waals surface area contributed by atoms with E-state index in [4.69, 9.17) is 0 Å². The molecular weight excluding hydrogens is 242 g/mol. The Balaban J connectivity index is 1.72. The van der Waals surface area contributed by atoms with E-state index in [0.717, 1.165) is 23.5 Å². The number of anilines is 1. The van der Waals surface area contributed by atoms with Crippen LogP contribution in [0.15, 0.2) is 24.3 Å². The third-order valence-corrected chi connectivity index (χ3v) is 5.33. The second-order valence-corrected chi connectivity index (χ2v) is 6.32. The maximum absolute atomic E-state index is 4.56. The molecule has 3 nitrogen and oxygen atoms in total. The van der Waals surface area contributed by atoms with Gasteiger partial charge in [0.05, 0.1) is 11.0 Å². The summed E-state index contributed by atoms with van der Waals surface area (Å²) in [5.74, 6) is 0.900. The minimum absolute atomic E-state index is 0.416. The summed E-state index contributed by atoms with van der Waals surface area (Å²) in [4.78, 5) is 7.89. The van der Waals surface area contributed by atoms with E-state index in [9.17, 15) is 0 Å². The van der Waals surface area contributed by atoms with E-state index in [-0.39, 0.29) is 0 Å². The van der Waals surface area contributed by atoms with Gasteiger partial charge in [0.2, 0.25) is 5.95 Å². The zero-order chi connectivity index (χ0) is 12.4. The molecule has 18 heavy (non-hydrogen) atoms. The normalized spacial score (nSPS) is 18.3. The van der Waals surface area contributed by atoms with E-state index in [1.165, 1.54) is 25.7 Å². The van der Waals surface area contributed by atoms with Crippen LogP contribution in [0.2, 0.25) is 0 Å². The molecule has 0 spiro atoms. The molecule has 2 N–H and O–H groups in total. The summed E-state index contributed by atoms with van der Waals surface area (Å²) >= 11 is 2.00. The molecule has 0 atom stereocenters. The van der Waals surface area contributed by atoms with Crippen LogP contribution in [0.3, 0.4) is 0 Å². The first kappa shape index (κ1) is 11.9. The van der Waals surface area contributed by atoms with E-state index in [1.54, 1.807) is 0 Å². The van der Waals surface area contributed by atoms with E-state index in [2.05, 4.69) is 27.6 Å². The van der Waals surface area contributed by atoms with Crippen LogP contribution in [0.1, 0.15) is 25.7 Å². The Bertz CT molecular complexity index is 496. The smallest absolute Gasteiger partial charge is 0.201 e. The van der Waals surface area contributed by atoms with Crippen molar-refractivity contribution >= 4 is 28.7 Å². The van der Waals surface area contributed by atoms with Crippen LogP contribution in [0.4, 0.5) is 5.95 Å². The number of para-hydroxylation sites is 2. The summed E-state index contributed by atoms with van der Waals surface area (Å²) < 4.78 is 0.416. The lowest BCUT2D eigenvalue weighted by atomic mass is 10.1. The maximum Gasteiger partial charge on any atom is 0.201 e. The molecule has 2 aromatic rings. The molecule has 1 aliphatic rings. The van der Waals surface area contributed by atoms with Crippen molar-refractivity contribution in [3.05, 3.63) is 24.3 Å². The third kappa shape index (κ3) is 2.21. The van der Waals surface area contributed by atoms with Gasteiger partial charge < -0.3 is 10.3 Å². The number of benzene rings is 1. The largest absolute Gasteiger partial charge is 0.354 e. The van der Waals surface area contributed by atoms with E-state index in [0.29, 0.717) is 4.75 Å². The molecule has 1 fully saturated rings. The Morgan fingerprint density at radius 1 is 1.33 bits per heavy atom. The summed E-state index contributed by atoms with van der Waals surface area (Å²) in [5.41, 5.74) is 2.13. The Morgan fingerprint density at radius 2 is 2.11 bits per heavy atom. The summed E-state index contributed by atoms with van der Waals surface area (Å²) in [5, 5.41) is 3.48. The fourth-order valence-electron chi connectivity index (χ4n) is 2.75. The first-order valence-corrected chi connectivity index (χ1v) is 7.78. The van der Waals surface area contributed by atoms with Crippen molar-refractivity contribution in [2.45, 2.75) is 30.4 Å². The summed E-state index contributed by atoms with van der Waals surface area (Å²) in [6.07, 6.45) is 7.60. The Labute approximate surface area is 112 Å². The van der Waals surface area contributed by atoms with Crippen molar-refractivity contribution in [2.75, 3.05) is 18.1 Å². The Kier molecular flexibility index (Phi) is 3.20. The van der Waals surface area contributed by atoms with Crippen molar-refractivity contribution < 1.29 is 0 Å². The van der Waals surface area contributed by atoms with Gasteiger partial charge in [-0.15, -0.1) is 0 Å². The van der Waals surface area contributed by atoms with Crippen molar-refractivity contribution in [1.29, 1.82) is 0 Å². The van der Waals surface area contributed by atoms with Crippen LogP contribution >= 0.6 is 11.8 Å². The van der Waals surface area contributed by atoms with Crippen molar-refractivity contribution in [3.63, 3.8) is 0 Å². The monoisotopic (exact) mass is 261 g/mol. The molecule has 4 heteroatoms. The van der Waals surface area contributed by atoms with Crippen LogP contribution < -0.4 is 5.32 Å². The predicted molar refractivity (Wildman–Crippen MR) is 79.3 cm³/mol.